The molecular weight excluding hydrogens is 209 g/mol. The van der Waals surface area contributed by atoms with E-state index in [4.69, 9.17) is 4.74 Å². The Bertz CT molecular complexity index is 353. The van der Waals surface area contributed by atoms with E-state index in [2.05, 4.69) is 5.32 Å². The van der Waals surface area contributed by atoms with Gasteiger partial charge in [-0.05, 0) is 31.7 Å². The molecule has 0 spiro atoms. The minimum Gasteiger partial charge on any atom is -0.494 e. The molecule has 0 aliphatic rings. The summed E-state index contributed by atoms with van der Waals surface area (Å²) in [5.74, 6) is -0.183. The first kappa shape index (κ1) is 12.9. The third-order valence-corrected chi connectivity index (χ3v) is 2.36. The Morgan fingerprint density at radius 1 is 1.50 bits per heavy atom. The predicted octanol–water partition coefficient (Wildman–Crippen LogP) is 1.35. The molecule has 90 valence electrons. The van der Waals surface area contributed by atoms with Gasteiger partial charge in [0.05, 0.1) is 12.7 Å². The zero-order valence-corrected chi connectivity index (χ0v) is 9.88. The van der Waals surface area contributed by atoms with Crippen molar-refractivity contribution in [3.8, 4) is 5.75 Å². The molecule has 0 aliphatic carbocycles. The van der Waals surface area contributed by atoms with Gasteiger partial charge in [-0.1, -0.05) is 6.07 Å². The molecule has 1 unspecified atom stereocenters. The van der Waals surface area contributed by atoms with Crippen LogP contribution in [0.1, 0.15) is 12.5 Å². The summed E-state index contributed by atoms with van der Waals surface area (Å²) in [7, 11) is 3.19. The van der Waals surface area contributed by atoms with Crippen LogP contribution in [0.25, 0.3) is 0 Å². The topological polar surface area (TPSA) is 41.5 Å². The molecule has 1 rings (SSSR count). The molecular formula is C12H18FNO2. The fourth-order valence-electron chi connectivity index (χ4n) is 1.70. The lowest BCUT2D eigenvalue weighted by atomic mass is 9.96. The van der Waals surface area contributed by atoms with Crippen LogP contribution in [0, 0.1) is 5.82 Å². The lowest BCUT2D eigenvalue weighted by molar-refractivity contribution is 0.0622. The summed E-state index contributed by atoms with van der Waals surface area (Å²) in [6.45, 7) is 2.17. The molecule has 16 heavy (non-hydrogen) atoms. The summed E-state index contributed by atoms with van der Waals surface area (Å²) in [5, 5.41) is 12.9. The van der Waals surface area contributed by atoms with Gasteiger partial charge in [-0.25, -0.2) is 4.39 Å². The average molecular weight is 227 g/mol. The molecule has 0 fully saturated rings. The second-order valence-corrected chi connectivity index (χ2v) is 4.17. The Kier molecular flexibility index (Phi) is 4.26. The predicted molar refractivity (Wildman–Crippen MR) is 61.2 cm³/mol. The lowest BCUT2D eigenvalue weighted by Crippen LogP contribution is -2.38. The fourth-order valence-corrected chi connectivity index (χ4v) is 1.70. The van der Waals surface area contributed by atoms with Gasteiger partial charge in [-0.3, -0.25) is 0 Å². The van der Waals surface area contributed by atoms with Crippen LogP contribution in [0.3, 0.4) is 0 Å². The maximum Gasteiger partial charge on any atom is 0.165 e. The smallest absolute Gasteiger partial charge is 0.165 e. The number of rotatable bonds is 5. The molecule has 1 aromatic carbocycles. The highest BCUT2D eigenvalue weighted by Gasteiger charge is 2.20. The molecule has 0 saturated heterocycles. The molecule has 0 bridgehead atoms. The first-order valence-corrected chi connectivity index (χ1v) is 5.18. The van der Waals surface area contributed by atoms with Gasteiger partial charge in [0, 0.05) is 13.0 Å². The lowest BCUT2D eigenvalue weighted by Gasteiger charge is -2.23. The summed E-state index contributed by atoms with van der Waals surface area (Å²) in [6, 6.07) is 4.72. The maximum atomic E-state index is 13.4. The van der Waals surface area contributed by atoms with Crippen molar-refractivity contribution in [1.29, 1.82) is 0 Å². The van der Waals surface area contributed by atoms with Crippen molar-refractivity contribution in [3.63, 3.8) is 0 Å². The van der Waals surface area contributed by atoms with E-state index in [1.54, 1.807) is 26.1 Å². The first-order valence-electron chi connectivity index (χ1n) is 5.18. The van der Waals surface area contributed by atoms with Crippen LogP contribution in [-0.2, 0) is 6.42 Å². The van der Waals surface area contributed by atoms with Gasteiger partial charge in [0.15, 0.2) is 11.6 Å². The van der Waals surface area contributed by atoms with Crippen LogP contribution in [-0.4, -0.2) is 31.4 Å². The monoisotopic (exact) mass is 227 g/mol. The summed E-state index contributed by atoms with van der Waals surface area (Å²) < 4.78 is 18.2. The minimum atomic E-state index is -0.879. The Hall–Kier alpha value is -1.13. The van der Waals surface area contributed by atoms with Crippen molar-refractivity contribution in [2.75, 3.05) is 20.7 Å². The molecule has 0 aliphatic heterocycles. The highest BCUT2D eigenvalue weighted by atomic mass is 19.1. The summed E-state index contributed by atoms with van der Waals surface area (Å²) in [6.07, 6.45) is 0.398. The van der Waals surface area contributed by atoms with Crippen LogP contribution in [0.15, 0.2) is 18.2 Å². The summed E-state index contributed by atoms with van der Waals surface area (Å²) in [5.41, 5.74) is -0.131. The maximum absolute atomic E-state index is 13.4. The molecule has 0 amide bonds. The van der Waals surface area contributed by atoms with E-state index in [0.717, 1.165) is 5.56 Å². The fraction of sp³-hybridized carbons (Fsp3) is 0.500. The number of nitrogens with one attached hydrogen (secondary N) is 1. The number of hydrogen-bond acceptors (Lipinski definition) is 3. The van der Waals surface area contributed by atoms with E-state index in [0.29, 0.717) is 13.0 Å². The molecule has 1 aromatic rings. The largest absolute Gasteiger partial charge is 0.494 e. The first-order chi connectivity index (χ1) is 7.48. The van der Waals surface area contributed by atoms with Gasteiger partial charge in [-0.2, -0.15) is 0 Å². The molecule has 0 aromatic heterocycles. The molecule has 0 saturated carbocycles. The van der Waals surface area contributed by atoms with E-state index in [-0.39, 0.29) is 5.75 Å². The number of halogens is 1. The number of hydrogen-bond donors (Lipinski definition) is 2. The zero-order valence-electron chi connectivity index (χ0n) is 9.88. The standard InChI is InChI=1S/C12H18FNO2/c1-12(15,8-14-2)7-9-4-5-11(16-3)10(13)6-9/h4-6,14-15H,7-8H2,1-3H3. The van der Waals surface area contributed by atoms with E-state index in [9.17, 15) is 9.50 Å². The Balaban J connectivity index is 2.78. The average Bonchev–Trinajstić information content (AvgIpc) is 2.17. The van der Waals surface area contributed by atoms with Crippen LogP contribution >= 0.6 is 0 Å². The highest BCUT2D eigenvalue weighted by Crippen LogP contribution is 2.20. The molecule has 0 heterocycles. The normalized spacial score (nSPS) is 14.6. The van der Waals surface area contributed by atoms with Gasteiger partial charge >= 0.3 is 0 Å². The van der Waals surface area contributed by atoms with Crippen molar-refractivity contribution >= 4 is 0 Å². The van der Waals surface area contributed by atoms with E-state index in [1.807, 2.05) is 0 Å². The minimum absolute atomic E-state index is 0.219. The molecule has 1 atom stereocenters. The van der Waals surface area contributed by atoms with Gasteiger partial charge in [0.25, 0.3) is 0 Å². The van der Waals surface area contributed by atoms with Crippen molar-refractivity contribution in [2.45, 2.75) is 18.9 Å². The van der Waals surface area contributed by atoms with Crippen molar-refractivity contribution < 1.29 is 14.2 Å². The Labute approximate surface area is 95.2 Å². The summed E-state index contributed by atoms with van der Waals surface area (Å²) in [4.78, 5) is 0. The van der Waals surface area contributed by atoms with Crippen LogP contribution < -0.4 is 10.1 Å². The van der Waals surface area contributed by atoms with Gasteiger partial charge in [-0.15, -0.1) is 0 Å². The zero-order chi connectivity index (χ0) is 12.2. The number of ether oxygens (including phenoxy) is 1. The van der Waals surface area contributed by atoms with Crippen LogP contribution in [0.2, 0.25) is 0 Å². The number of likely N-dealkylation sites (N-methyl/N-ethyl adjacent to an activating group) is 1. The quantitative estimate of drug-likeness (QED) is 0.797. The third kappa shape index (κ3) is 3.47. The highest BCUT2D eigenvalue weighted by molar-refractivity contribution is 5.30. The number of benzene rings is 1. The van der Waals surface area contributed by atoms with Crippen molar-refractivity contribution in [3.05, 3.63) is 29.6 Å². The Morgan fingerprint density at radius 2 is 2.19 bits per heavy atom. The Morgan fingerprint density at radius 3 is 2.69 bits per heavy atom. The van der Waals surface area contributed by atoms with Crippen molar-refractivity contribution in [1.82, 2.24) is 5.32 Å². The van der Waals surface area contributed by atoms with E-state index in [1.165, 1.54) is 13.2 Å². The van der Waals surface area contributed by atoms with Crippen LogP contribution in [0.4, 0.5) is 4.39 Å². The van der Waals surface area contributed by atoms with Crippen molar-refractivity contribution in [2.24, 2.45) is 0 Å². The summed E-state index contributed by atoms with van der Waals surface area (Å²) >= 11 is 0. The number of methoxy groups -OCH3 is 1. The van der Waals surface area contributed by atoms with Crippen LogP contribution in [0.5, 0.6) is 5.75 Å². The molecule has 3 nitrogen and oxygen atoms in total. The molecule has 0 radical (unpaired) electrons. The number of aliphatic hydroxyl groups is 1. The van der Waals surface area contributed by atoms with Gasteiger partial charge in [0.1, 0.15) is 0 Å². The van der Waals surface area contributed by atoms with Gasteiger partial charge < -0.3 is 15.2 Å². The third-order valence-electron chi connectivity index (χ3n) is 2.36. The van der Waals surface area contributed by atoms with E-state index >= 15 is 0 Å². The van der Waals surface area contributed by atoms with E-state index < -0.39 is 11.4 Å². The second kappa shape index (κ2) is 5.27. The van der Waals surface area contributed by atoms with Gasteiger partial charge in [0.2, 0.25) is 0 Å². The SMILES string of the molecule is CNCC(C)(O)Cc1ccc(OC)c(F)c1. The molecule has 2 N–H and O–H groups in total. The second-order valence-electron chi connectivity index (χ2n) is 4.17. The molecule has 4 heteroatoms.